The molecule has 0 amide bonds. The van der Waals surface area contributed by atoms with E-state index < -0.39 is 21.8 Å². The minimum atomic E-state index is -4.53. The zero-order valence-corrected chi connectivity index (χ0v) is 16.2. The van der Waals surface area contributed by atoms with E-state index in [0.29, 0.717) is 23.6 Å². The summed E-state index contributed by atoms with van der Waals surface area (Å²) >= 11 is 0. The molecule has 1 aromatic heterocycles. The van der Waals surface area contributed by atoms with Crippen LogP contribution < -0.4 is 9.46 Å². The summed E-state index contributed by atoms with van der Waals surface area (Å²) < 4.78 is 70.4. The third kappa shape index (κ3) is 5.21. The molecule has 0 saturated carbocycles. The fourth-order valence-corrected chi connectivity index (χ4v) is 3.69. The minimum Gasteiger partial charge on any atom is -0.497 e. The van der Waals surface area contributed by atoms with Gasteiger partial charge < -0.3 is 4.74 Å². The lowest BCUT2D eigenvalue weighted by Gasteiger charge is -2.12. The van der Waals surface area contributed by atoms with Gasteiger partial charge in [-0.3, -0.25) is 4.99 Å². The van der Waals surface area contributed by atoms with Crippen LogP contribution in [-0.2, 0) is 22.7 Å². The average molecular weight is 425 g/mol. The van der Waals surface area contributed by atoms with Gasteiger partial charge in [0, 0.05) is 18.3 Å². The lowest BCUT2D eigenvalue weighted by atomic mass is 10.1. The van der Waals surface area contributed by atoms with Crippen molar-refractivity contribution in [2.24, 2.45) is 4.99 Å². The standard InChI is InChI=1S/C19H18F3N3O3S/c1-28-15-10-14(25-18(11-15)17-4-2-3-9-23-17)12-24-29(26,27)16-7-5-13(6-8-16)19(20,21)22/h3,5-11,24H,2,4,12H2,1H3. The number of nitrogens with zero attached hydrogens (tertiary/aromatic N) is 2. The molecule has 10 heteroatoms. The zero-order chi connectivity index (χ0) is 21.1. The molecule has 1 aromatic carbocycles. The third-order valence-corrected chi connectivity index (χ3v) is 5.62. The number of benzene rings is 1. The Morgan fingerprint density at radius 3 is 2.48 bits per heavy atom. The first-order chi connectivity index (χ1) is 13.7. The highest BCUT2D eigenvalue weighted by Crippen LogP contribution is 2.29. The Bertz CT molecular complexity index is 1050. The van der Waals surface area contributed by atoms with Crippen LogP contribution in [0, 0.1) is 0 Å². The predicted molar refractivity (Wildman–Crippen MR) is 101 cm³/mol. The predicted octanol–water partition coefficient (Wildman–Crippen LogP) is 3.68. The SMILES string of the molecule is COc1cc(CNS(=O)(=O)c2ccc(C(F)(F)F)cc2)nc(C2=NC=CCC2)c1. The molecule has 2 heterocycles. The quantitative estimate of drug-likeness (QED) is 0.766. The lowest BCUT2D eigenvalue weighted by molar-refractivity contribution is -0.137. The van der Waals surface area contributed by atoms with Gasteiger partial charge in [0.25, 0.3) is 0 Å². The van der Waals surface area contributed by atoms with Gasteiger partial charge in [0.2, 0.25) is 10.0 Å². The van der Waals surface area contributed by atoms with Gasteiger partial charge in [0.1, 0.15) is 5.75 Å². The molecule has 0 bridgehead atoms. The highest BCUT2D eigenvalue weighted by molar-refractivity contribution is 7.89. The van der Waals surface area contributed by atoms with E-state index in [-0.39, 0.29) is 11.4 Å². The van der Waals surface area contributed by atoms with E-state index in [1.54, 1.807) is 18.3 Å². The first-order valence-electron chi connectivity index (χ1n) is 8.63. The summed E-state index contributed by atoms with van der Waals surface area (Å²) in [7, 11) is -2.53. The van der Waals surface area contributed by atoms with Gasteiger partial charge in [0.05, 0.1) is 41.2 Å². The van der Waals surface area contributed by atoms with Crippen molar-refractivity contribution in [1.82, 2.24) is 9.71 Å². The molecular formula is C19H18F3N3O3S. The molecular weight excluding hydrogens is 407 g/mol. The normalized spacial score (nSPS) is 14.6. The molecule has 1 aliphatic rings. The van der Waals surface area contributed by atoms with Gasteiger partial charge in [-0.1, -0.05) is 6.08 Å². The number of halogens is 3. The molecule has 0 unspecified atom stereocenters. The zero-order valence-electron chi connectivity index (χ0n) is 15.4. The second-order valence-electron chi connectivity index (χ2n) is 6.23. The van der Waals surface area contributed by atoms with Crippen LogP contribution in [-0.4, -0.2) is 26.2 Å². The third-order valence-electron chi connectivity index (χ3n) is 4.20. The number of nitrogens with one attached hydrogen (secondary N) is 1. The highest BCUT2D eigenvalue weighted by Gasteiger charge is 2.30. The minimum absolute atomic E-state index is 0.156. The van der Waals surface area contributed by atoms with E-state index in [2.05, 4.69) is 14.7 Å². The van der Waals surface area contributed by atoms with Gasteiger partial charge in [-0.05, 0) is 37.1 Å². The largest absolute Gasteiger partial charge is 0.497 e. The average Bonchev–Trinajstić information content (AvgIpc) is 2.72. The Morgan fingerprint density at radius 2 is 1.90 bits per heavy atom. The van der Waals surface area contributed by atoms with Crippen molar-refractivity contribution in [3.63, 3.8) is 0 Å². The van der Waals surface area contributed by atoms with E-state index in [1.165, 1.54) is 7.11 Å². The van der Waals surface area contributed by atoms with Crippen LogP contribution in [0.2, 0.25) is 0 Å². The van der Waals surface area contributed by atoms with Crippen molar-refractivity contribution >= 4 is 15.7 Å². The fourth-order valence-electron chi connectivity index (χ4n) is 2.69. The van der Waals surface area contributed by atoms with Crippen LogP contribution in [0.25, 0.3) is 0 Å². The molecule has 0 atom stereocenters. The van der Waals surface area contributed by atoms with Crippen LogP contribution >= 0.6 is 0 Å². The smallest absolute Gasteiger partial charge is 0.416 e. The van der Waals surface area contributed by atoms with E-state index in [9.17, 15) is 21.6 Å². The van der Waals surface area contributed by atoms with E-state index in [0.717, 1.165) is 36.4 Å². The number of hydrogen-bond acceptors (Lipinski definition) is 5. The molecule has 2 aromatic rings. The van der Waals surface area contributed by atoms with Crippen LogP contribution in [0.1, 0.15) is 29.8 Å². The van der Waals surface area contributed by atoms with E-state index >= 15 is 0 Å². The Morgan fingerprint density at radius 1 is 1.17 bits per heavy atom. The summed E-state index contributed by atoms with van der Waals surface area (Å²) in [5.41, 5.74) is 0.820. The number of hydrogen-bond donors (Lipinski definition) is 1. The molecule has 29 heavy (non-hydrogen) atoms. The second-order valence-corrected chi connectivity index (χ2v) is 8.00. The number of sulfonamides is 1. The summed E-state index contributed by atoms with van der Waals surface area (Å²) in [4.78, 5) is 8.45. The van der Waals surface area contributed by atoms with Gasteiger partial charge >= 0.3 is 6.18 Å². The summed E-state index contributed by atoms with van der Waals surface area (Å²) in [6, 6.07) is 6.58. The Hall–Kier alpha value is -2.72. The molecule has 0 radical (unpaired) electrons. The van der Waals surface area contributed by atoms with Gasteiger partial charge in [-0.2, -0.15) is 13.2 Å². The topological polar surface area (TPSA) is 80.6 Å². The maximum atomic E-state index is 12.6. The number of aliphatic imine (C=N–C) groups is 1. The van der Waals surface area contributed by atoms with Crippen molar-refractivity contribution in [2.45, 2.75) is 30.5 Å². The second kappa shape index (κ2) is 8.34. The summed E-state index contributed by atoms with van der Waals surface area (Å²) in [5, 5.41) is 0. The molecule has 0 aliphatic carbocycles. The molecule has 1 aliphatic heterocycles. The Balaban J connectivity index is 1.79. The first-order valence-corrected chi connectivity index (χ1v) is 10.1. The fraction of sp³-hybridized carbons (Fsp3) is 0.263. The van der Waals surface area contributed by atoms with Gasteiger partial charge in [0.15, 0.2) is 0 Å². The molecule has 0 saturated heterocycles. The number of aromatic nitrogens is 1. The maximum absolute atomic E-state index is 12.6. The lowest BCUT2D eigenvalue weighted by Crippen LogP contribution is -2.24. The van der Waals surface area contributed by atoms with E-state index in [4.69, 9.17) is 4.74 Å². The number of ether oxygens (including phenoxy) is 1. The number of alkyl halides is 3. The molecule has 0 fully saturated rings. The molecule has 0 spiro atoms. The van der Waals surface area contributed by atoms with Crippen LogP contribution in [0.15, 0.2) is 58.6 Å². The number of rotatable bonds is 6. The van der Waals surface area contributed by atoms with Crippen molar-refractivity contribution in [2.75, 3.05) is 7.11 Å². The maximum Gasteiger partial charge on any atom is 0.416 e. The molecule has 6 nitrogen and oxygen atoms in total. The summed E-state index contributed by atoms with van der Waals surface area (Å²) in [5.74, 6) is 0.496. The van der Waals surface area contributed by atoms with Crippen molar-refractivity contribution < 1.29 is 26.3 Å². The number of pyridine rings is 1. The van der Waals surface area contributed by atoms with Crippen molar-refractivity contribution in [3.05, 3.63) is 65.6 Å². The molecule has 3 rings (SSSR count). The Kier molecular flexibility index (Phi) is 6.04. The molecule has 154 valence electrons. The molecule has 1 N–H and O–H groups in total. The van der Waals surface area contributed by atoms with Gasteiger partial charge in [-0.15, -0.1) is 0 Å². The summed E-state index contributed by atoms with van der Waals surface area (Å²) in [6.07, 6.45) is 0.615. The number of allylic oxidation sites excluding steroid dienone is 1. The number of methoxy groups -OCH3 is 1. The van der Waals surface area contributed by atoms with Crippen molar-refractivity contribution in [1.29, 1.82) is 0 Å². The monoisotopic (exact) mass is 425 g/mol. The first kappa shape index (κ1) is 21.0. The van der Waals surface area contributed by atoms with Crippen molar-refractivity contribution in [3.8, 4) is 5.75 Å². The van der Waals surface area contributed by atoms with Crippen LogP contribution in [0.5, 0.6) is 5.75 Å². The Labute approximate surface area is 166 Å². The van der Waals surface area contributed by atoms with Crippen LogP contribution in [0.4, 0.5) is 13.2 Å². The van der Waals surface area contributed by atoms with Crippen LogP contribution in [0.3, 0.4) is 0 Å². The van der Waals surface area contributed by atoms with Gasteiger partial charge in [-0.25, -0.2) is 18.1 Å². The van der Waals surface area contributed by atoms with E-state index in [1.807, 2.05) is 6.08 Å². The highest BCUT2D eigenvalue weighted by atomic mass is 32.2. The summed E-state index contributed by atoms with van der Waals surface area (Å²) in [6.45, 7) is -0.156.